The summed E-state index contributed by atoms with van der Waals surface area (Å²) in [4.78, 5) is 3.98. The van der Waals surface area contributed by atoms with Crippen molar-refractivity contribution in [2.75, 3.05) is 17.3 Å². The number of ether oxygens (including phenoxy) is 1. The van der Waals surface area contributed by atoms with Crippen LogP contribution in [0, 0.1) is 11.3 Å². The van der Waals surface area contributed by atoms with Crippen LogP contribution in [-0.2, 0) is 6.42 Å². The Kier molecular flexibility index (Phi) is 2.29. The van der Waals surface area contributed by atoms with E-state index in [9.17, 15) is 0 Å². The summed E-state index contributed by atoms with van der Waals surface area (Å²) in [6, 6.07) is 1.93. The van der Waals surface area contributed by atoms with E-state index in [4.69, 9.17) is 33.1 Å². The molecule has 0 saturated heterocycles. The number of pyridine rings is 1. The van der Waals surface area contributed by atoms with E-state index >= 15 is 0 Å². The van der Waals surface area contributed by atoms with Crippen molar-refractivity contribution in [3.63, 3.8) is 0 Å². The second kappa shape index (κ2) is 3.48. The van der Waals surface area contributed by atoms with Gasteiger partial charge in [0.2, 0.25) is 5.88 Å². The lowest BCUT2D eigenvalue weighted by molar-refractivity contribution is 0.250. The van der Waals surface area contributed by atoms with Crippen LogP contribution in [0.25, 0.3) is 0 Å². The van der Waals surface area contributed by atoms with Gasteiger partial charge in [-0.25, -0.2) is 0 Å². The molecule has 1 aliphatic heterocycles. The van der Waals surface area contributed by atoms with Gasteiger partial charge in [0.25, 0.3) is 0 Å². The lowest BCUT2D eigenvalue weighted by Gasteiger charge is -2.06. The number of aromatic nitrogens is 1. The number of hydrogen-bond acceptors (Lipinski definition) is 5. The molecule has 1 aliphatic rings. The van der Waals surface area contributed by atoms with Crippen LogP contribution < -0.4 is 16.2 Å². The minimum Gasteiger partial charge on any atom is -0.472 e. The maximum absolute atomic E-state index is 8.84. The molecule has 2 rings (SSSR count). The monoisotopic (exact) mass is 224 g/mol. The Hall–Kier alpha value is -1.67. The van der Waals surface area contributed by atoms with E-state index in [1.54, 1.807) is 0 Å². The summed E-state index contributed by atoms with van der Waals surface area (Å²) in [5.74, 6) is 0.857. The van der Waals surface area contributed by atoms with Gasteiger partial charge in [-0.2, -0.15) is 10.2 Å². The number of nitrogen functional groups attached to an aromatic ring is 2. The molecule has 78 valence electrons. The number of alkyl halides is 1. The first-order valence-corrected chi connectivity index (χ1v) is 4.91. The maximum Gasteiger partial charge on any atom is 0.221 e. The molecule has 1 aromatic heterocycles. The van der Waals surface area contributed by atoms with Crippen molar-refractivity contribution in [2.24, 2.45) is 0 Å². The number of nitriles is 1. The average molecular weight is 225 g/mol. The lowest BCUT2D eigenvalue weighted by atomic mass is 10.1. The molecule has 0 aromatic carbocycles. The van der Waals surface area contributed by atoms with Crippen molar-refractivity contribution in [1.29, 1.82) is 5.26 Å². The second-order valence-corrected chi connectivity index (χ2v) is 3.59. The minimum atomic E-state index is -0.134. The highest BCUT2D eigenvalue weighted by molar-refractivity contribution is 6.18. The molecular formula is C9H9ClN4O. The molecule has 0 aliphatic carbocycles. The molecule has 0 fully saturated rings. The molecule has 15 heavy (non-hydrogen) atoms. The van der Waals surface area contributed by atoms with Gasteiger partial charge >= 0.3 is 0 Å². The zero-order valence-electron chi connectivity index (χ0n) is 7.83. The van der Waals surface area contributed by atoms with Crippen LogP contribution in [0.2, 0.25) is 0 Å². The van der Waals surface area contributed by atoms with E-state index in [2.05, 4.69) is 4.98 Å². The summed E-state index contributed by atoms with van der Waals surface area (Å²) in [7, 11) is 0. The van der Waals surface area contributed by atoms with Gasteiger partial charge < -0.3 is 16.2 Å². The van der Waals surface area contributed by atoms with Gasteiger partial charge in [-0.15, -0.1) is 11.6 Å². The lowest BCUT2D eigenvalue weighted by Crippen LogP contribution is -2.14. The molecule has 5 nitrogen and oxygen atoms in total. The van der Waals surface area contributed by atoms with E-state index in [0.717, 1.165) is 5.56 Å². The van der Waals surface area contributed by atoms with E-state index in [1.807, 2.05) is 6.07 Å². The van der Waals surface area contributed by atoms with Gasteiger partial charge in [-0.05, 0) is 0 Å². The molecule has 0 spiro atoms. The Morgan fingerprint density at radius 3 is 2.93 bits per heavy atom. The maximum atomic E-state index is 8.84. The highest BCUT2D eigenvalue weighted by atomic mass is 35.5. The molecule has 4 N–H and O–H groups in total. The Labute approximate surface area is 91.6 Å². The number of fused-ring (bicyclic) bond motifs is 1. The predicted molar refractivity (Wildman–Crippen MR) is 56.6 cm³/mol. The summed E-state index contributed by atoms with van der Waals surface area (Å²) in [6.07, 6.45) is 0.442. The number of halogens is 1. The fourth-order valence-electron chi connectivity index (χ4n) is 1.56. The van der Waals surface area contributed by atoms with Crippen LogP contribution in [0.4, 0.5) is 11.5 Å². The molecule has 1 atom stereocenters. The van der Waals surface area contributed by atoms with Crippen molar-refractivity contribution in [3.8, 4) is 11.9 Å². The number of nitrogens with two attached hydrogens (primary N) is 2. The van der Waals surface area contributed by atoms with Crippen LogP contribution in [0.5, 0.6) is 5.88 Å². The normalized spacial score (nSPS) is 18.0. The molecule has 0 amide bonds. The molecule has 0 saturated carbocycles. The summed E-state index contributed by atoms with van der Waals surface area (Å²) >= 11 is 5.67. The number of nitrogens with zero attached hydrogens (tertiary/aromatic N) is 2. The summed E-state index contributed by atoms with van der Waals surface area (Å²) in [5, 5.41) is 8.84. The van der Waals surface area contributed by atoms with Crippen LogP contribution >= 0.6 is 11.6 Å². The van der Waals surface area contributed by atoms with Crippen molar-refractivity contribution in [3.05, 3.63) is 11.1 Å². The largest absolute Gasteiger partial charge is 0.472 e. The first-order valence-electron chi connectivity index (χ1n) is 4.38. The molecule has 1 aromatic rings. The summed E-state index contributed by atoms with van der Waals surface area (Å²) in [6.45, 7) is 0. The number of rotatable bonds is 1. The second-order valence-electron chi connectivity index (χ2n) is 3.28. The molecule has 2 heterocycles. The quantitative estimate of drug-likeness (QED) is 0.683. The van der Waals surface area contributed by atoms with E-state index in [-0.39, 0.29) is 17.5 Å². The van der Waals surface area contributed by atoms with Crippen molar-refractivity contribution in [2.45, 2.75) is 12.5 Å². The van der Waals surface area contributed by atoms with Crippen LogP contribution in [0.1, 0.15) is 11.1 Å². The molecule has 0 unspecified atom stereocenters. The highest BCUT2D eigenvalue weighted by Crippen LogP contribution is 2.35. The molecule has 0 bridgehead atoms. The summed E-state index contributed by atoms with van der Waals surface area (Å²) < 4.78 is 5.40. The predicted octanol–water partition coefficient (Wildman–Crippen LogP) is 0.660. The molecular weight excluding hydrogens is 216 g/mol. The zero-order chi connectivity index (χ0) is 11.0. The van der Waals surface area contributed by atoms with Crippen molar-refractivity contribution in [1.82, 2.24) is 4.98 Å². The van der Waals surface area contributed by atoms with Gasteiger partial charge in [0.1, 0.15) is 23.6 Å². The van der Waals surface area contributed by atoms with Crippen molar-refractivity contribution >= 4 is 23.1 Å². The first kappa shape index (κ1) is 9.87. The van der Waals surface area contributed by atoms with Crippen LogP contribution in [0.15, 0.2) is 0 Å². The van der Waals surface area contributed by atoms with Gasteiger partial charge in [0.05, 0.1) is 11.6 Å². The number of hydrogen-bond donors (Lipinski definition) is 2. The zero-order valence-corrected chi connectivity index (χ0v) is 8.58. The highest BCUT2D eigenvalue weighted by Gasteiger charge is 2.28. The van der Waals surface area contributed by atoms with E-state index < -0.39 is 0 Å². The van der Waals surface area contributed by atoms with E-state index in [0.29, 0.717) is 23.9 Å². The third-order valence-electron chi connectivity index (χ3n) is 2.32. The third-order valence-corrected chi connectivity index (χ3v) is 2.67. The smallest absolute Gasteiger partial charge is 0.221 e. The average Bonchev–Trinajstić information content (AvgIpc) is 2.61. The molecule has 0 radical (unpaired) electrons. The topological polar surface area (TPSA) is 98.0 Å². The summed E-state index contributed by atoms with van der Waals surface area (Å²) in [5.41, 5.74) is 12.7. The Morgan fingerprint density at radius 2 is 2.33 bits per heavy atom. The number of anilines is 2. The fraction of sp³-hybridized carbons (Fsp3) is 0.333. The van der Waals surface area contributed by atoms with Gasteiger partial charge in [0.15, 0.2) is 0 Å². The Morgan fingerprint density at radius 1 is 1.60 bits per heavy atom. The Balaban J connectivity index is 2.53. The van der Waals surface area contributed by atoms with Crippen LogP contribution in [-0.4, -0.2) is 17.0 Å². The van der Waals surface area contributed by atoms with Crippen molar-refractivity contribution < 1.29 is 4.74 Å². The third kappa shape index (κ3) is 1.43. The fourth-order valence-corrected chi connectivity index (χ4v) is 1.73. The van der Waals surface area contributed by atoms with E-state index in [1.165, 1.54) is 0 Å². The SMILES string of the molecule is N#Cc1c(N)nc2c(c1N)C[C@H](CCl)O2. The van der Waals surface area contributed by atoms with Gasteiger partial charge in [-0.3, -0.25) is 0 Å². The minimum absolute atomic E-state index is 0.101. The first-order chi connectivity index (χ1) is 7.17. The standard InChI is InChI=1S/C9H9ClN4O/c10-2-4-1-5-7(12)6(3-11)8(13)14-9(5)15-4/h4H,1-2H2,(H4,12,13,14)/t4-/m1/s1. The molecule has 6 heteroatoms. The van der Waals surface area contributed by atoms with Crippen LogP contribution in [0.3, 0.4) is 0 Å². The van der Waals surface area contributed by atoms with Gasteiger partial charge in [0, 0.05) is 12.0 Å². The van der Waals surface area contributed by atoms with Gasteiger partial charge in [-0.1, -0.05) is 0 Å². The Bertz CT molecular complexity index is 454.